The topological polar surface area (TPSA) is 92.5 Å². The van der Waals surface area contributed by atoms with Crippen LogP contribution in [0.3, 0.4) is 0 Å². The average Bonchev–Trinajstić information content (AvgIpc) is 2.82. The Bertz CT molecular complexity index is 857. The number of anilines is 1. The van der Waals surface area contributed by atoms with Crippen LogP contribution < -0.4 is 5.32 Å². The number of aromatic nitrogens is 1. The molecule has 1 aromatic carbocycles. The monoisotopic (exact) mass is 371 g/mol. The summed E-state index contributed by atoms with van der Waals surface area (Å²) in [6, 6.07) is 5.08. The predicted octanol–water partition coefficient (Wildman–Crippen LogP) is 2.51. The summed E-state index contributed by atoms with van der Waals surface area (Å²) in [6.45, 7) is 4.51. The molecule has 1 amide bonds. The van der Waals surface area contributed by atoms with Gasteiger partial charge in [0.15, 0.2) is 5.76 Å². The number of halogens is 1. The molecule has 0 saturated carbocycles. The van der Waals surface area contributed by atoms with Gasteiger partial charge in [-0.2, -0.15) is 4.31 Å². The van der Waals surface area contributed by atoms with Gasteiger partial charge in [0.1, 0.15) is 10.6 Å². The lowest BCUT2D eigenvalue weighted by atomic mass is 10.2. The first-order valence-electron chi connectivity index (χ1n) is 7.08. The van der Waals surface area contributed by atoms with E-state index in [1.165, 1.54) is 20.9 Å². The zero-order valence-corrected chi connectivity index (χ0v) is 15.3. The van der Waals surface area contributed by atoms with Crippen LogP contribution in [0.4, 0.5) is 5.69 Å². The molecular formula is C15H18ClN3O4S. The van der Waals surface area contributed by atoms with Gasteiger partial charge in [-0.15, -0.1) is 0 Å². The van der Waals surface area contributed by atoms with Crippen molar-refractivity contribution in [1.82, 2.24) is 9.46 Å². The highest BCUT2D eigenvalue weighted by atomic mass is 35.5. The molecule has 9 heteroatoms. The molecule has 0 aliphatic carbocycles. The van der Waals surface area contributed by atoms with Crippen molar-refractivity contribution in [1.29, 1.82) is 0 Å². The van der Waals surface area contributed by atoms with E-state index >= 15 is 0 Å². The highest BCUT2D eigenvalue weighted by molar-refractivity contribution is 7.89. The summed E-state index contributed by atoms with van der Waals surface area (Å²) in [5.74, 6) is -0.288. The van der Waals surface area contributed by atoms with Crippen LogP contribution in [0.5, 0.6) is 0 Å². The van der Waals surface area contributed by atoms with Gasteiger partial charge in [-0.1, -0.05) is 22.8 Å². The summed E-state index contributed by atoms with van der Waals surface area (Å²) in [6.07, 6.45) is 0. The fourth-order valence-corrected chi connectivity index (χ4v) is 3.79. The van der Waals surface area contributed by atoms with Gasteiger partial charge in [-0.05, 0) is 38.5 Å². The normalized spacial score (nSPS) is 11.8. The maximum absolute atomic E-state index is 12.6. The van der Waals surface area contributed by atoms with E-state index in [2.05, 4.69) is 10.5 Å². The van der Waals surface area contributed by atoms with Gasteiger partial charge in [-0.3, -0.25) is 4.79 Å². The molecule has 0 unspecified atom stereocenters. The summed E-state index contributed by atoms with van der Waals surface area (Å²) in [4.78, 5) is 12.2. The second-order valence-electron chi connectivity index (χ2n) is 5.42. The molecule has 1 N–H and O–H groups in total. The lowest BCUT2D eigenvalue weighted by Gasteiger charge is -2.17. The van der Waals surface area contributed by atoms with Crippen molar-refractivity contribution < 1.29 is 17.7 Å². The number of likely N-dealkylation sites (N-methyl/N-ethyl adjacent to an activating group) is 1. The third-order valence-electron chi connectivity index (χ3n) is 3.48. The summed E-state index contributed by atoms with van der Waals surface area (Å²) < 4.78 is 31.0. The molecule has 0 aliphatic heterocycles. The second kappa shape index (κ2) is 6.92. The van der Waals surface area contributed by atoms with Gasteiger partial charge in [0.2, 0.25) is 15.9 Å². The quantitative estimate of drug-likeness (QED) is 0.871. The highest BCUT2D eigenvalue weighted by Gasteiger charge is 2.29. The molecule has 0 bridgehead atoms. The molecule has 0 aliphatic rings. The molecule has 2 aromatic rings. The number of aryl methyl sites for hydroxylation is 3. The molecule has 7 nitrogen and oxygen atoms in total. The van der Waals surface area contributed by atoms with Gasteiger partial charge in [0.05, 0.1) is 6.54 Å². The molecule has 0 fully saturated rings. The predicted molar refractivity (Wildman–Crippen MR) is 90.6 cm³/mol. The number of hydrogen-bond acceptors (Lipinski definition) is 5. The zero-order chi connectivity index (χ0) is 18.1. The molecule has 0 atom stereocenters. The minimum Gasteiger partial charge on any atom is -0.360 e. The maximum atomic E-state index is 12.6. The van der Waals surface area contributed by atoms with Crippen LogP contribution in [-0.2, 0) is 14.8 Å². The summed E-state index contributed by atoms with van der Waals surface area (Å²) in [7, 11) is -2.55. The molecule has 0 radical (unpaired) electrons. The first-order chi connectivity index (χ1) is 11.1. The lowest BCUT2D eigenvalue weighted by Crippen LogP contribution is -2.35. The van der Waals surface area contributed by atoms with E-state index in [9.17, 15) is 13.2 Å². The first-order valence-corrected chi connectivity index (χ1v) is 8.90. The van der Waals surface area contributed by atoms with Crippen molar-refractivity contribution in [2.75, 3.05) is 18.9 Å². The fourth-order valence-electron chi connectivity index (χ4n) is 2.20. The highest BCUT2D eigenvalue weighted by Crippen LogP contribution is 2.23. The van der Waals surface area contributed by atoms with Gasteiger partial charge in [0.25, 0.3) is 0 Å². The van der Waals surface area contributed by atoms with E-state index in [4.69, 9.17) is 16.1 Å². The van der Waals surface area contributed by atoms with Crippen molar-refractivity contribution in [3.8, 4) is 0 Å². The SMILES string of the molecule is Cc1ccc(Cl)cc1NC(=O)CN(C)S(=O)(=O)c1c(C)noc1C. The second-order valence-corrected chi connectivity index (χ2v) is 7.84. The number of sulfonamides is 1. The van der Waals surface area contributed by atoms with Crippen molar-refractivity contribution in [2.24, 2.45) is 0 Å². The molecule has 0 saturated heterocycles. The van der Waals surface area contributed by atoms with Crippen LogP contribution in [0, 0.1) is 20.8 Å². The molecule has 130 valence electrons. The minimum atomic E-state index is -3.87. The van der Waals surface area contributed by atoms with Crippen LogP contribution in [0.15, 0.2) is 27.6 Å². The van der Waals surface area contributed by atoms with E-state index in [1.54, 1.807) is 18.2 Å². The standard InChI is InChI=1S/C15H18ClN3O4S/c1-9-5-6-12(16)7-13(9)17-14(20)8-19(4)24(21,22)15-10(2)18-23-11(15)3/h5-7H,8H2,1-4H3,(H,17,20). The Labute approximate surface area is 145 Å². The number of hydrogen-bond donors (Lipinski definition) is 1. The third kappa shape index (κ3) is 3.77. The first kappa shape index (κ1) is 18.4. The fraction of sp³-hybridized carbons (Fsp3) is 0.333. The number of amides is 1. The van der Waals surface area contributed by atoms with Gasteiger partial charge in [0, 0.05) is 17.8 Å². The van der Waals surface area contributed by atoms with Crippen LogP contribution in [0.2, 0.25) is 5.02 Å². The van der Waals surface area contributed by atoms with E-state index < -0.39 is 15.9 Å². The largest absolute Gasteiger partial charge is 0.360 e. The van der Waals surface area contributed by atoms with Crippen LogP contribution in [-0.4, -0.2) is 37.4 Å². The molecule has 1 aromatic heterocycles. The average molecular weight is 372 g/mol. The number of carbonyl (C=O) groups excluding carboxylic acids is 1. The zero-order valence-electron chi connectivity index (χ0n) is 13.8. The van der Waals surface area contributed by atoms with Gasteiger partial charge in [-0.25, -0.2) is 8.42 Å². The van der Waals surface area contributed by atoms with Crippen LogP contribution >= 0.6 is 11.6 Å². The summed E-state index contributed by atoms with van der Waals surface area (Å²) in [5.41, 5.74) is 1.62. The molecule has 2 rings (SSSR count). The third-order valence-corrected chi connectivity index (χ3v) is 5.76. The lowest BCUT2D eigenvalue weighted by molar-refractivity contribution is -0.116. The molecular weight excluding hydrogens is 354 g/mol. The van der Waals surface area contributed by atoms with Crippen molar-refractivity contribution >= 4 is 33.2 Å². The Hall–Kier alpha value is -1.90. The van der Waals surface area contributed by atoms with Crippen molar-refractivity contribution in [3.63, 3.8) is 0 Å². The maximum Gasteiger partial charge on any atom is 0.248 e. The number of rotatable bonds is 5. The molecule has 1 heterocycles. The van der Waals surface area contributed by atoms with E-state index in [1.807, 2.05) is 6.92 Å². The minimum absolute atomic E-state index is 0.0169. The number of nitrogens with zero attached hydrogens (tertiary/aromatic N) is 2. The number of benzene rings is 1. The number of nitrogens with one attached hydrogen (secondary N) is 1. The van der Waals surface area contributed by atoms with E-state index in [0.29, 0.717) is 10.7 Å². The Morgan fingerprint density at radius 3 is 2.58 bits per heavy atom. The molecule has 24 heavy (non-hydrogen) atoms. The van der Waals surface area contributed by atoms with Gasteiger partial charge < -0.3 is 9.84 Å². The van der Waals surface area contributed by atoms with E-state index in [0.717, 1.165) is 9.87 Å². The number of carbonyl (C=O) groups is 1. The smallest absolute Gasteiger partial charge is 0.248 e. The Kier molecular flexibility index (Phi) is 5.32. The van der Waals surface area contributed by atoms with Crippen LogP contribution in [0.1, 0.15) is 17.0 Å². The summed E-state index contributed by atoms with van der Waals surface area (Å²) >= 11 is 5.91. The van der Waals surface area contributed by atoms with Crippen LogP contribution in [0.25, 0.3) is 0 Å². The Morgan fingerprint density at radius 1 is 1.33 bits per heavy atom. The van der Waals surface area contributed by atoms with Crippen molar-refractivity contribution in [3.05, 3.63) is 40.2 Å². The molecule has 0 spiro atoms. The Balaban J connectivity index is 2.15. The van der Waals surface area contributed by atoms with E-state index in [-0.39, 0.29) is 22.9 Å². The van der Waals surface area contributed by atoms with Crippen molar-refractivity contribution in [2.45, 2.75) is 25.7 Å². The van der Waals surface area contributed by atoms with Gasteiger partial charge >= 0.3 is 0 Å². The summed E-state index contributed by atoms with van der Waals surface area (Å²) in [5, 5.41) is 6.78. The Morgan fingerprint density at radius 2 is 2.00 bits per heavy atom.